The number of hydrogen-bond acceptors (Lipinski definition) is 4. The van der Waals surface area contributed by atoms with Gasteiger partial charge in [-0.05, 0) is 24.1 Å². The van der Waals surface area contributed by atoms with E-state index in [-0.39, 0.29) is 17.5 Å². The number of carbonyl (C=O) groups excluding carboxylic acids is 1. The van der Waals surface area contributed by atoms with Gasteiger partial charge in [0.2, 0.25) is 5.91 Å². The van der Waals surface area contributed by atoms with Crippen molar-refractivity contribution in [2.75, 3.05) is 5.32 Å². The van der Waals surface area contributed by atoms with E-state index in [1.807, 2.05) is 13.8 Å². The fraction of sp³-hybridized carbons (Fsp3) is 0.308. The van der Waals surface area contributed by atoms with Crippen LogP contribution in [0.25, 0.3) is 5.69 Å². The second-order valence-electron chi connectivity index (χ2n) is 4.77. The van der Waals surface area contributed by atoms with Crippen molar-refractivity contribution >= 4 is 11.6 Å². The van der Waals surface area contributed by atoms with Crippen LogP contribution in [0, 0.1) is 11.7 Å². The molecule has 106 valence electrons. The number of amides is 1. The molecule has 7 heteroatoms. The van der Waals surface area contributed by atoms with Crippen molar-refractivity contribution in [3.05, 3.63) is 36.7 Å². The molecule has 1 aromatic heterocycles. The maximum Gasteiger partial charge on any atom is 0.241 e. The summed E-state index contributed by atoms with van der Waals surface area (Å²) in [7, 11) is 0. The Hall–Kier alpha value is -2.28. The van der Waals surface area contributed by atoms with Crippen LogP contribution in [0.2, 0.25) is 0 Å². The molecular formula is C13H16FN5O. The van der Waals surface area contributed by atoms with Gasteiger partial charge in [-0.1, -0.05) is 13.8 Å². The Balaban J connectivity index is 2.16. The molecule has 1 heterocycles. The Morgan fingerprint density at radius 3 is 2.75 bits per heavy atom. The van der Waals surface area contributed by atoms with Crippen LogP contribution in [0.3, 0.4) is 0 Å². The second-order valence-corrected chi connectivity index (χ2v) is 4.77. The summed E-state index contributed by atoms with van der Waals surface area (Å²) in [5, 5.41) is 6.43. The highest BCUT2D eigenvalue weighted by Gasteiger charge is 2.17. The van der Waals surface area contributed by atoms with Gasteiger partial charge >= 0.3 is 0 Å². The molecule has 0 fully saturated rings. The summed E-state index contributed by atoms with van der Waals surface area (Å²) in [6.07, 6.45) is 2.71. The number of carbonyl (C=O) groups is 1. The number of nitrogens with zero attached hydrogens (tertiary/aromatic N) is 3. The summed E-state index contributed by atoms with van der Waals surface area (Å²) in [4.78, 5) is 15.5. The molecule has 2 aromatic rings. The van der Waals surface area contributed by atoms with Crippen LogP contribution in [0.1, 0.15) is 13.8 Å². The lowest BCUT2D eigenvalue weighted by Gasteiger charge is -2.15. The van der Waals surface area contributed by atoms with E-state index >= 15 is 0 Å². The zero-order chi connectivity index (χ0) is 14.7. The Kier molecular flexibility index (Phi) is 4.09. The Bertz CT molecular complexity index is 597. The van der Waals surface area contributed by atoms with Crippen LogP contribution < -0.4 is 11.1 Å². The molecule has 0 saturated carbocycles. The fourth-order valence-electron chi connectivity index (χ4n) is 1.63. The minimum atomic E-state index is -0.631. The van der Waals surface area contributed by atoms with Crippen molar-refractivity contribution in [2.24, 2.45) is 11.7 Å². The first-order valence-electron chi connectivity index (χ1n) is 6.20. The van der Waals surface area contributed by atoms with E-state index in [4.69, 9.17) is 5.73 Å². The molecular weight excluding hydrogens is 261 g/mol. The molecule has 0 bridgehead atoms. The predicted octanol–water partition coefficient (Wildman–Crippen LogP) is 1.33. The Morgan fingerprint density at radius 2 is 2.20 bits per heavy atom. The third-order valence-electron chi connectivity index (χ3n) is 2.90. The van der Waals surface area contributed by atoms with Gasteiger partial charge in [-0.25, -0.2) is 14.1 Å². The first kappa shape index (κ1) is 14.1. The van der Waals surface area contributed by atoms with Crippen LogP contribution in [0.15, 0.2) is 30.9 Å². The summed E-state index contributed by atoms with van der Waals surface area (Å²) in [6, 6.07) is 3.70. The lowest BCUT2D eigenvalue weighted by Crippen LogP contribution is -2.39. The third kappa shape index (κ3) is 3.00. The summed E-state index contributed by atoms with van der Waals surface area (Å²) >= 11 is 0. The highest BCUT2D eigenvalue weighted by molar-refractivity contribution is 5.94. The standard InChI is InChI=1S/C13H16FN5O/c1-8(2)12(15)13(20)18-9-3-4-11(10(14)5-9)19-7-16-6-17-19/h3-8,12H,15H2,1-2H3,(H,18,20)/t12-/m0/s1. The normalized spacial score (nSPS) is 12.4. The van der Waals surface area contributed by atoms with Gasteiger partial charge in [-0.15, -0.1) is 0 Å². The van der Waals surface area contributed by atoms with Crippen molar-refractivity contribution in [2.45, 2.75) is 19.9 Å². The number of anilines is 1. The fourth-order valence-corrected chi connectivity index (χ4v) is 1.63. The van der Waals surface area contributed by atoms with Gasteiger partial charge in [0.25, 0.3) is 0 Å². The topological polar surface area (TPSA) is 85.8 Å². The molecule has 20 heavy (non-hydrogen) atoms. The largest absolute Gasteiger partial charge is 0.325 e. The number of aromatic nitrogens is 3. The lowest BCUT2D eigenvalue weighted by molar-refractivity contribution is -0.118. The molecule has 1 atom stereocenters. The first-order chi connectivity index (χ1) is 9.49. The maximum atomic E-state index is 14.0. The van der Waals surface area contributed by atoms with Gasteiger partial charge in [0.05, 0.1) is 6.04 Å². The Labute approximate surface area is 115 Å². The predicted molar refractivity (Wildman–Crippen MR) is 72.8 cm³/mol. The van der Waals surface area contributed by atoms with E-state index in [0.717, 1.165) is 0 Å². The van der Waals surface area contributed by atoms with Crippen molar-refractivity contribution in [3.63, 3.8) is 0 Å². The maximum absolute atomic E-state index is 14.0. The molecule has 0 unspecified atom stereocenters. The average Bonchev–Trinajstić information content (AvgIpc) is 2.91. The molecule has 2 rings (SSSR count). The molecule has 0 radical (unpaired) electrons. The molecule has 0 aliphatic carbocycles. The summed E-state index contributed by atoms with van der Waals surface area (Å²) in [6.45, 7) is 3.69. The average molecular weight is 277 g/mol. The zero-order valence-electron chi connectivity index (χ0n) is 11.2. The van der Waals surface area contributed by atoms with Crippen LogP contribution in [0.5, 0.6) is 0 Å². The van der Waals surface area contributed by atoms with Crippen LogP contribution >= 0.6 is 0 Å². The number of nitrogens with two attached hydrogens (primary N) is 1. The van der Waals surface area contributed by atoms with Crippen molar-refractivity contribution in [3.8, 4) is 5.69 Å². The second kappa shape index (κ2) is 5.79. The minimum Gasteiger partial charge on any atom is -0.325 e. The summed E-state index contributed by atoms with van der Waals surface area (Å²) < 4.78 is 15.3. The summed E-state index contributed by atoms with van der Waals surface area (Å²) in [5.41, 5.74) is 6.34. The van der Waals surface area contributed by atoms with E-state index in [0.29, 0.717) is 5.69 Å². The SMILES string of the molecule is CC(C)[C@H](N)C(=O)Nc1ccc(-n2cncn2)c(F)c1. The van der Waals surface area contributed by atoms with Gasteiger partial charge in [0, 0.05) is 5.69 Å². The zero-order valence-corrected chi connectivity index (χ0v) is 11.2. The minimum absolute atomic E-state index is 0.00858. The van der Waals surface area contributed by atoms with E-state index in [1.165, 1.54) is 29.5 Å². The van der Waals surface area contributed by atoms with Crippen molar-refractivity contribution < 1.29 is 9.18 Å². The van der Waals surface area contributed by atoms with Gasteiger partial charge < -0.3 is 11.1 Å². The summed E-state index contributed by atoms with van der Waals surface area (Å²) in [5.74, 6) is -0.839. The highest BCUT2D eigenvalue weighted by atomic mass is 19.1. The molecule has 0 saturated heterocycles. The van der Waals surface area contributed by atoms with Crippen molar-refractivity contribution in [1.82, 2.24) is 14.8 Å². The number of hydrogen-bond donors (Lipinski definition) is 2. The number of rotatable bonds is 4. The van der Waals surface area contributed by atoms with Crippen LogP contribution in [-0.2, 0) is 4.79 Å². The highest BCUT2D eigenvalue weighted by Crippen LogP contribution is 2.17. The molecule has 0 spiro atoms. The molecule has 1 amide bonds. The van der Waals surface area contributed by atoms with Crippen molar-refractivity contribution in [1.29, 1.82) is 0 Å². The first-order valence-corrected chi connectivity index (χ1v) is 6.20. The van der Waals surface area contributed by atoms with Crippen LogP contribution in [-0.4, -0.2) is 26.7 Å². The molecule has 0 aliphatic heterocycles. The smallest absolute Gasteiger partial charge is 0.241 e. The van der Waals surface area contributed by atoms with E-state index < -0.39 is 11.9 Å². The van der Waals surface area contributed by atoms with Gasteiger partial charge in [-0.3, -0.25) is 4.79 Å². The molecule has 6 nitrogen and oxygen atoms in total. The number of halogens is 1. The van der Waals surface area contributed by atoms with Gasteiger partial charge in [0.1, 0.15) is 18.3 Å². The number of benzene rings is 1. The van der Waals surface area contributed by atoms with Crippen LogP contribution in [0.4, 0.5) is 10.1 Å². The van der Waals surface area contributed by atoms with Gasteiger partial charge in [0.15, 0.2) is 5.82 Å². The molecule has 3 N–H and O–H groups in total. The van der Waals surface area contributed by atoms with E-state index in [2.05, 4.69) is 15.4 Å². The number of nitrogens with one attached hydrogen (secondary N) is 1. The monoisotopic (exact) mass is 277 g/mol. The Morgan fingerprint density at radius 1 is 1.45 bits per heavy atom. The third-order valence-corrected chi connectivity index (χ3v) is 2.90. The quantitative estimate of drug-likeness (QED) is 0.882. The van der Waals surface area contributed by atoms with E-state index in [1.54, 1.807) is 6.07 Å². The molecule has 1 aromatic carbocycles. The molecule has 0 aliphatic rings. The lowest BCUT2D eigenvalue weighted by atomic mass is 10.0. The van der Waals surface area contributed by atoms with E-state index in [9.17, 15) is 9.18 Å². The van der Waals surface area contributed by atoms with Gasteiger partial charge in [-0.2, -0.15) is 5.10 Å².